The first kappa shape index (κ1) is 14.5. The minimum absolute atomic E-state index is 0.0893. The van der Waals surface area contributed by atoms with Gasteiger partial charge in [-0.2, -0.15) is 0 Å². The number of carboxylic acid groups (broad SMARTS) is 1. The van der Waals surface area contributed by atoms with Gasteiger partial charge in [0.2, 0.25) is 0 Å². The van der Waals surface area contributed by atoms with Crippen molar-refractivity contribution >= 4 is 21.7 Å². The lowest BCUT2D eigenvalue weighted by molar-refractivity contribution is -0.140. The molecule has 108 valence electrons. The van der Waals surface area contributed by atoms with Crippen molar-refractivity contribution in [3.05, 3.63) is 35.4 Å². The Hall–Kier alpha value is -1.89. The number of hydrogen-bond acceptors (Lipinski definition) is 4. The number of aliphatic carboxylic acids is 1. The molecule has 1 amide bonds. The molecule has 0 aliphatic heterocycles. The average molecular weight is 297 g/mol. The topological polar surface area (TPSA) is 101 Å². The molecule has 1 aromatic carbocycles. The number of sulfone groups is 1. The Labute approximate surface area is 116 Å². The summed E-state index contributed by atoms with van der Waals surface area (Å²) in [4.78, 5) is 22.9. The summed E-state index contributed by atoms with van der Waals surface area (Å²) < 4.78 is 22.3. The van der Waals surface area contributed by atoms with E-state index in [-0.39, 0.29) is 5.75 Å². The third-order valence-corrected chi connectivity index (χ3v) is 4.01. The van der Waals surface area contributed by atoms with Crippen molar-refractivity contribution in [1.82, 2.24) is 5.32 Å². The predicted octanol–water partition coefficient (Wildman–Crippen LogP) is 0.578. The van der Waals surface area contributed by atoms with Crippen LogP contribution in [0.3, 0.4) is 0 Å². The number of carbonyl (C=O) groups is 2. The van der Waals surface area contributed by atoms with Crippen LogP contribution in [0, 0.1) is 0 Å². The van der Waals surface area contributed by atoms with E-state index in [1.807, 2.05) is 0 Å². The third-order valence-electron chi connectivity index (χ3n) is 3.16. The van der Waals surface area contributed by atoms with Crippen LogP contribution in [0.4, 0.5) is 0 Å². The van der Waals surface area contributed by atoms with Crippen molar-refractivity contribution in [1.29, 1.82) is 0 Å². The van der Waals surface area contributed by atoms with Crippen molar-refractivity contribution < 1.29 is 23.1 Å². The zero-order chi connectivity index (χ0) is 15.0. The molecular formula is C13H15NO5S. The molecule has 20 heavy (non-hydrogen) atoms. The molecule has 2 N–H and O–H groups in total. The number of hydrogen-bond donors (Lipinski definition) is 2. The summed E-state index contributed by atoms with van der Waals surface area (Å²) >= 11 is 0. The summed E-state index contributed by atoms with van der Waals surface area (Å²) in [5, 5.41) is 11.5. The highest BCUT2D eigenvalue weighted by molar-refractivity contribution is 7.89. The van der Waals surface area contributed by atoms with Crippen LogP contribution in [-0.2, 0) is 20.4 Å². The second-order valence-corrected chi connectivity index (χ2v) is 7.25. The van der Waals surface area contributed by atoms with Gasteiger partial charge in [-0.05, 0) is 30.5 Å². The van der Waals surface area contributed by atoms with E-state index < -0.39 is 27.3 Å². The number of carboxylic acids is 1. The van der Waals surface area contributed by atoms with E-state index in [1.165, 1.54) is 12.1 Å². The summed E-state index contributed by atoms with van der Waals surface area (Å²) in [6.45, 7) is 0. The molecule has 1 aliphatic carbocycles. The maximum Gasteiger partial charge on any atom is 0.329 e. The van der Waals surface area contributed by atoms with Crippen LogP contribution in [-0.4, -0.2) is 37.2 Å². The number of rotatable bonds is 5. The highest BCUT2D eigenvalue weighted by atomic mass is 32.2. The van der Waals surface area contributed by atoms with Crippen LogP contribution in [0.15, 0.2) is 24.3 Å². The first-order valence-corrected chi connectivity index (χ1v) is 8.10. The van der Waals surface area contributed by atoms with Crippen LogP contribution in [0.1, 0.15) is 28.8 Å². The van der Waals surface area contributed by atoms with E-state index in [4.69, 9.17) is 5.11 Å². The Morgan fingerprint density at radius 3 is 2.20 bits per heavy atom. The minimum Gasteiger partial charge on any atom is -0.480 e. The van der Waals surface area contributed by atoms with Crippen molar-refractivity contribution in [3.8, 4) is 0 Å². The normalized spacial score (nSPS) is 16.4. The molecule has 0 unspecified atom stereocenters. The first-order valence-electron chi connectivity index (χ1n) is 6.04. The van der Waals surface area contributed by atoms with Crippen molar-refractivity contribution in [2.75, 3.05) is 6.26 Å². The largest absolute Gasteiger partial charge is 0.480 e. The average Bonchev–Trinajstić information content (AvgIpc) is 3.08. The smallest absolute Gasteiger partial charge is 0.329 e. The molecule has 7 heteroatoms. The molecular weight excluding hydrogens is 282 g/mol. The summed E-state index contributed by atoms with van der Waals surface area (Å²) in [6, 6.07) is 6.09. The highest BCUT2D eigenvalue weighted by Gasteiger charge is 2.51. The van der Waals surface area contributed by atoms with E-state index in [9.17, 15) is 18.0 Å². The van der Waals surface area contributed by atoms with Crippen LogP contribution in [0.25, 0.3) is 0 Å². The molecule has 2 rings (SSSR count). The Morgan fingerprint density at radius 2 is 1.80 bits per heavy atom. The number of benzene rings is 1. The second kappa shape index (κ2) is 4.90. The Balaban J connectivity index is 2.07. The van der Waals surface area contributed by atoms with Gasteiger partial charge in [-0.25, -0.2) is 13.2 Å². The van der Waals surface area contributed by atoms with Gasteiger partial charge in [-0.3, -0.25) is 4.79 Å². The maximum atomic E-state index is 11.9. The minimum atomic E-state index is -3.12. The van der Waals surface area contributed by atoms with Crippen LogP contribution in [0.5, 0.6) is 0 Å². The van der Waals surface area contributed by atoms with Gasteiger partial charge < -0.3 is 10.4 Å². The lowest BCUT2D eigenvalue weighted by Crippen LogP contribution is -2.43. The molecule has 0 saturated heterocycles. The van der Waals surface area contributed by atoms with Crippen LogP contribution in [0.2, 0.25) is 0 Å². The fraction of sp³-hybridized carbons (Fsp3) is 0.385. The Morgan fingerprint density at radius 1 is 1.25 bits per heavy atom. The highest BCUT2D eigenvalue weighted by Crippen LogP contribution is 2.35. The lowest BCUT2D eigenvalue weighted by atomic mass is 10.1. The van der Waals surface area contributed by atoms with Crippen LogP contribution < -0.4 is 5.32 Å². The molecule has 1 aromatic rings. The van der Waals surface area contributed by atoms with Crippen molar-refractivity contribution in [2.45, 2.75) is 24.1 Å². The van der Waals surface area contributed by atoms with Gasteiger partial charge in [0.25, 0.3) is 5.91 Å². The van der Waals surface area contributed by atoms with Crippen LogP contribution >= 0.6 is 0 Å². The maximum absolute atomic E-state index is 11.9. The second-order valence-electron chi connectivity index (χ2n) is 5.11. The Kier molecular flexibility index (Phi) is 3.56. The number of nitrogens with one attached hydrogen (secondary N) is 1. The van der Waals surface area contributed by atoms with Gasteiger partial charge in [0.05, 0.1) is 5.75 Å². The molecule has 6 nitrogen and oxygen atoms in total. The van der Waals surface area contributed by atoms with Crippen molar-refractivity contribution in [2.24, 2.45) is 0 Å². The van der Waals surface area contributed by atoms with Gasteiger partial charge in [-0.1, -0.05) is 12.1 Å². The lowest BCUT2D eigenvalue weighted by Gasteiger charge is -2.12. The van der Waals surface area contributed by atoms with Gasteiger partial charge in [0.1, 0.15) is 5.54 Å². The zero-order valence-corrected chi connectivity index (χ0v) is 11.7. The summed E-state index contributed by atoms with van der Waals surface area (Å²) in [5.74, 6) is -1.58. The monoisotopic (exact) mass is 297 g/mol. The number of amides is 1. The zero-order valence-electron chi connectivity index (χ0n) is 10.9. The van der Waals surface area contributed by atoms with E-state index in [0.29, 0.717) is 24.0 Å². The molecule has 1 fully saturated rings. The molecule has 0 atom stereocenters. The number of carbonyl (C=O) groups excluding carboxylic acids is 1. The fourth-order valence-electron chi connectivity index (χ4n) is 1.86. The fourth-order valence-corrected chi connectivity index (χ4v) is 2.66. The van der Waals surface area contributed by atoms with Gasteiger partial charge in [0.15, 0.2) is 9.84 Å². The van der Waals surface area contributed by atoms with Gasteiger partial charge in [0, 0.05) is 11.8 Å². The van der Waals surface area contributed by atoms with E-state index in [1.54, 1.807) is 12.1 Å². The SMILES string of the molecule is CS(=O)(=O)Cc1ccc(C(=O)NC2(C(=O)O)CC2)cc1. The molecule has 1 aliphatic rings. The Bertz CT molecular complexity index is 644. The summed E-state index contributed by atoms with van der Waals surface area (Å²) in [7, 11) is -3.12. The molecule has 1 saturated carbocycles. The van der Waals surface area contributed by atoms with Gasteiger partial charge >= 0.3 is 5.97 Å². The molecule has 0 radical (unpaired) electrons. The first-order chi connectivity index (χ1) is 9.22. The molecule has 0 heterocycles. The van der Waals surface area contributed by atoms with E-state index in [0.717, 1.165) is 6.26 Å². The summed E-state index contributed by atoms with van der Waals surface area (Å²) in [6.07, 6.45) is 2.00. The molecule has 0 aromatic heterocycles. The standard InChI is InChI=1S/C13H15NO5S/c1-20(18,19)8-9-2-4-10(5-3-9)11(15)14-13(6-7-13)12(16)17/h2-5H,6-8H2,1H3,(H,14,15)(H,16,17). The third kappa shape index (κ3) is 3.36. The van der Waals surface area contributed by atoms with E-state index in [2.05, 4.69) is 5.32 Å². The van der Waals surface area contributed by atoms with Gasteiger partial charge in [-0.15, -0.1) is 0 Å². The summed E-state index contributed by atoms with van der Waals surface area (Å²) in [5.41, 5.74) is -0.221. The quantitative estimate of drug-likeness (QED) is 0.828. The predicted molar refractivity (Wildman–Crippen MR) is 72.1 cm³/mol. The van der Waals surface area contributed by atoms with E-state index >= 15 is 0 Å². The van der Waals surface area contributed by atoms with Crippen molar-refractivity contribution in [3.63, 3.8) is 0 Å². The molecule has 0 spiro atoms. The molecule has 0 bridgehead atoms.